The molecular weight excluding hydrogens is 255 g/mol. The fourth-order valence-electron chi connectivity index (χ4n) is 2.63. The van der Waals surface area contributed by atoms with Gasteiger partial charge in [0.2, 0.25) is 5.91 Å². The molecule has 0 aliphatic carbocycles. The number of amides is 1. The van der Waals surface area contributed by atoms with Crippen LogP contribution in [0.4, 0.5) is 4.39 Å². The van der Waals surface area contributed by atoms with Crippen molar-refractivity contribution >= 4 is 5.91 Å². The van der Waals surface area contributed by atoms with Gasteiger partial charge in [-0.2, -0.15) is 0 Å². The van der Waals surface area contributed by atoms with Gasteiger partial charge in [-0.1, -0.05) is 32.4 Å². The van der Waals surface area contributed by atoms with Crippen molar-refractivity contribution in [3.05, 3.63) is 35.6 Å². The van der Waals surface area contributed by atoms with Gasteiger partial charge in [0.1, 0.15) is 5.82 Å². The first-order valence-corrected chi connectivity index (χ1v) is 7.37. The molecule has 4 heteroatoms. The number of piperidine rings is 1. The van der Waals surface area contributed by atoms with Crippen LogP contribution in [0.3, 0.4) is 0 Å². The lowest BCUT2D eigenvalue weighted by Gasteiger charge is -2.28. The molecule has 20 heavy (non-hydrogen) atoms. The van der Waals surface area contributed by atoms with Crippen molar-refractivity contribution in [2.24, 2.45) is 5.92 Å². The summed E-state index contributed by atoms with van der Waals surface area (Å²) in [6.07, 6.45) is 3.11. The van der Waals surface area contributed by atoms with E-state index in [-0.39, 0.29) is 29.7 Å². The maximum Gasteiger partial charge on any atom is 0.237 e. The normalized spacial score (nSPS) is 20.7. The van der Waals surface area contributed by atoms with Crippen LogP contribution in [0.25, 0.3) is 0 Å². The zero-order chi connectivity index (χ0) is 14.5. The third kappa shape index (κ3) is 3.79. The van der Waals surface area contributed by atoms with Crippen molar-refractivity contribution in [1.29, 1.82) is 0 Å². The van der Waals surface area contributed by atoms with Crippen LogP contribution in [-0.4, -0.2) is 18.5 Å². The molecule has 0 bridgehead atoms. The first-order valence-electron chi connectivity index (χ1n) is 7.37. The number of nitrogens with one attached hydrogen (secondary N) is 2. The fourth-order valence-corrected chi connectivity index (χ4v) is 2.63. The Labute approximate surface area is 120 Å². The van der Waals surface area contributed by atoms with Crippen LogP contribution in [0.2, 0.25) is 0 Å². The molecule has 1 fully saturated rings. The second kappa shape index (κ2) is 6.84. The molecule has 0 saturated carbocycles. The maximum absolute atomic E-state index is 13.0. The van der Waals surface area contributed by atoms with Crippen LogP contribution in [0.5, 0.6) is 0 Å². The van der Waals surface area contributed by atoms with Gasteiger partial charge in [-0.3, -0.25) is 4.79 Å². The molecular formula is C16H23FN2O. The third-order valence-electron chi connectivity index (χ3n) is 3.82. The summed E-state index contributed by atoms with van der Waals surface area (Å²) in [4.78, 5) is 12.3. The van der Waals surface area contributed by atoms with E-state index < -0.39 is 0 Å². The van der Waals surface area contributed by atoms with E-state index in [1.54, 1.807) is 12.1 Å². The fraction of sp³-hybridized carbons (Fsp3) is 0.562. The minimum atomic E-state index is -0.253. The molecule has 0 aromatic heterocycles. The van der Waals surface area contributed by atoms with Crippen molar-refractivity contribution in [2.75, 3.05) is 6.54 Å². The van der Waals surface area contributed by atoms with Crippen molar-refractivity contribution in [2.45, 2.75) is 45.2 Å². The zero-order valence-corrected chi connectivity index (χ0v) is 12.2. The molecule has 1 aliphatic heterocycles. The number of halogens is 1. The number of carbonyl (C=O) groups excluding carboxylic acids is 1. The number of hydrogen-bond acceptors (Lipinski definition) is 2. The van der Waals surface area contributed by atoms with Crippen LogP contribution in [0, 0.1) is 11.7 Å². The molecule has 1 saturated heterocycles. The Bertz CT molecular complexity index is 438. The average molecular weight is 278 g/mol. The molecule has 1 aromatic rings. The largest absolute Gasteiger partial charge is 0.348 e. The van der Waals surface area contributed by atoms with Gasteiger partial charge < -0.3 is 10.6 Å². The van der Waals surface area contributed by atoms with Gasteiger partial charge in [-0.15, -0.1) is 0 Å². The molecule has 1 heterocycles. The summed E-state index contributed by atoms with van der Waals surface area (Å²) < 4.78 is 13.0. The topological polar surface area (TPSA) is 41.1 Å². The lowest BCUT2D eigenvalue weighted by Crippen LogP contribution is -2.48. The Morgan fingerprint density at radius 2 is 2.00 bits per heavy atom. The molecule has 3 nitrogen and oxygen atoms in total. The molecule has 2 N–H and O–H groups in total. The minimum absolute atomic E-state index is 0.0488. The van der Waals surface area contributed by atoms with Gasteiger partial charge >= 0.3 is 0 Å². The Morgan fingerprint density at radius 3 is 2.55 bits per heavy atom. The lowest BCUT2D eigenvalue weighted by atomic mass is 9.95. The van der Waals surface area contributed by atoms with Crippen LogP contribution < -0.4 is 10.6 Å². The summed E-state index contributed by atoms with van der Waals surface area (Å²) in [5.41, 5.74) is 0.950. The second-order valence-electron chi connectivity index (χ2n) is 5.78. The SMILES string of the molecule is CC(C)C(NC(=O)C1CCCCN1)c1ccc(F)cc1. The van der Waals surface area contributed by atoms with Crippen LogP contribution in [0.15, 0.2) is 24.3 Å². The van der Waals surface area contributed by atoms with E-state index in [9.17, 15) is 9.18 Å². The van der Waals surface area contributed by atoms with E-state index in [2.05, 4.69) is 24.5 Å². The highest BCUT2D eigenvalue weighted by Crippen LogP contribution is 2.22. The lowest BCUT2D eigenvalue weighted by molar-refractivity contribution is -0.124. The Hall–Kier alpha value is -1.42. The first-order chi connectivity index (χ1) is 9.58. The summed E-state index contributed by atoms with van der Waals surface area (Å²) in [6, 6.07) is 6.20. The molecule has 0 radical (unpaired) electrons. The molecule has 2 rings (SSSR count). The average Bonchev–Trinajstić information content (AvgIpc) is 2.46. The van der Waals surface area contributed by atoms with Crippen LogP contribution in [-0.2, 0) is 4.79 Å². The van der Waals surface area contributed by atoms with E-state index in [0.717, 1.165) is 31.4 Å². The van der Waals surface area contributed by atoms with E-state index >= 15 is 0 Å². The number of hydrogen-bond donors (Lipinski definition) is 2. The summed E-state index contributed by atoms with van der Waals surface area (Å²) in [7, 11) is 0. The Kier molecular flexibility index (Phi) is 5.12. The highest BCUT2D eigenvalue weighted by Gasteiger charge is 2.25. The number of rotatable bonds is 4. The van der Waals surface area contributed by atoms with Crippen molar-refractivity contribution in [3.8, 4) is 0 Å². The van der Waals surface area contributed by atoms with Crippen molar-refractivity contribution < 1.29 is 9.18 Å². The smallest absolute Gasteiger partial charge is 0.237 e. The Balaban J connectivity index is 2.05. The zero-order valence-electron chi connectivity index (χ0n) is 12.2. The monoisotopic (exact) mass is 278 g/mol. The van der Waals surface area contributed by atoms with E-state index in [0.29, 0.717) is 0 Å². The second-order valence-corrected chi connectivity index (χ2v) is 5.78. The van der Waals surface area contributed by atoms with Gasteiger partial charge in [0.05, 0.1) is 12.1 Å². The van der Waals surface area contributed by atoms with Gasteiger partial charge in [0, 0.05) is 0 Å². The minimum Gasteiger partial charge on any atom is -0.348 e. The quantitative estimate of drug-likeness (QED) is 0.889. The third-order valence-corrected chi connectivity index (χ3v) is 3.82. The summed E-state index contributed by atoms with van der Waals surface area (Å²) in [5.74, 6) is 0.0530. The van der Waals surface area contributed by atoms with E-state index in [1.165, 1.54) is 12.1 Å². The molecule has 0 spiro atoms. The Morgan fingerprint density at radius 1 is 1.30 bits per heavy atom. The molecule has 1 amide bonds. The summed E-state index contributed by atoms with van der Waals surface area (Å²) in [5, 5.41) is 6.35. The highest BCUT2D eigenvalue weighted by atomic mass is 19.1. The number of carbonyl (C=O) groups is 1. The van der Waals surface area contributed by atoms with Crippen LogP contribution in [0.1, 0.15) is 44.7 Å². The molecule has 1 aliphatic rings. The van der Waals surface area contributed by atoms with Crippen LogP contribution >= 0.6 is 0 Å². The van der Waals surface area contributed by atoms with Crippen molar-refractivity contribution in [3.63, 3.8) is 0 Å². The molecule has 110 valence electrons. The van der Waals surface area contributed by atoms with Crippen molar-refractivity contribution in [1.82, 2.24) is 10.6 Å². The van der Waals surface area contributed by atoms with E-state index in [4.69, 9.17) is 0 Å². The summed E-state index contributed by atoms with van der Waals surface area (Å²) >= 11 is 0. The summed E-state index contributed by atoms with van der Waals surface area (Å²) in [6.45, 7) is 5.02. The number of benzene rings is 1. The maximum atomic E-state index is 13.0. The van der Waals surface area contributed by atoms with Gasteiger partial charge in [-0.05, 0) is 43.0 Å². The first kappa shape index (κ1) is 15.0. The van der Waals surface area contributed by atoms with E-state index in [1.807, 2.05) is 0 Å². The predicted octanol–water partition coefficient (Wildman–Crippen LogP) is 2.78. The van der Waals surface area contributed by atoms with Gasteiger partial charge in [0.25, 0.3) is 0 Å². The molecule has 2 atom stereocenters. The highest BCUT2D eigenvalue weighted by molar-refractivity contribution is 5.82. The predicted molar refractivity (Wildman–Crippen MR) is 77.8 cm³/mol. The molecule has 2 unspecified atom stereocenters. The molecule has 1 aromatic carbocycles. The van der Waals surface area contributed by atoms with Gasteiger partial charge in [-0.25, -0.2) is 4.39 Å². The van der Waals surface area contributed by atoms with Gasteiger partial charge in [0.15, 0.2) is 0 Å². The standard InChI is InChI=1S/C16H23FN2O/c1-11(2)15(12-6-8-13(17)9-7-12)19-16(20)14-5-3-4-10-18-14/h6-9,11,14-15,18H,3-5,10H2,1-2H3,(H,19,20).